The van der Waals surface area contributed by atoms with Crippen molar-refractivity contribution in [3.8, 4) is 5.69 Å². The quantitative estimate of drug-likeness (QED) is 0.310. The lowest BCUT2D eigenvalue weighted by Crippen LogP contribution is -2.53. The molecule has 11 heteroatoms. The maximum absolute atomic E-state index is 11.8. The van der Waals surface area contributed by atoms with Crippen LogP contribution in [0.5, 0.6) is 0 Å². The smallest absolute Gasteiger partial charge is 0.321 e. The van der Waals surface area contributed by atoms with Gasteiger partial charge in [0.25, 0.3) is 5.69 Å². The van der Waals surface area contributed by atoms with Gasteiger partial charge in [-0.3, -0.25) is 24.8 Å². The Morgan fingerprint density at radius 3 is 2.76 bits per heavy atom. The molecule has 3 aromatic rings. The van der Waals surface area contributed by atoms with Gasteiger partial charge in [-0.15, -0.1) is 10.2 Å². The van der Waals surface area contributed by atoms with E-state index in [9.17, 15) is 19.7 Å². The number of hydrogen-bond donors (Lipinski definition) is 2. The van der Waals surface area contributed by atoms with Gasteiger partial charge in [-0.1, -0.05) is 36.0 Å². The number of aromatic nitrogens is 3. The predicted octanol–water partition coefficient (Wildman–Crippen LogP) is 3.23. The average Bonchev–Trinajstić information content (AvgIpc) is 3.15. The number of benzene rings is 2. The van der Waals surface area contributed by atoms with Gasteiger partial charge >= 0.3 is 6.03 Å². The highest BCUT2D eigenvalue weighted by atomic mass is 32.2. The van der Waals surface area contributed by atoms with Crippen molar-refractivity contribution in [2.45, 2.75) is 43.6 Å². The maximum atomic E-state index is 11.8. The lowest BCUT2D eigenvalue weighted by molar-refractivity contribution is -0.384. The molecule has 1 aromatic heterocycles. The number of thioether (sulfide) groups is 1. The maximum Gasteiger partial charge on any atom is 0.321 e. The minimum atomic E-state index is -0.519. The van der Waals surface area contributed by atoms with E-state index < -0.39 is 17.0 Å². The van der Waals surface area contributed by atoms with E-state index in [1.54, 1.807) is 12.1 Å². The number of aryl methyl sites for hydroxylation is 2. The predicted molar refractivity (Wildman–Crippen MR) is 122 cm³/mol. The zero-order valence-electron chi connectivity index (χ0n) is 18.1. The molecule has 3 amide bonds. The Morgan fingerprint density at radius 1 is 1.18 bits per heavy atom. The minimum Gasteiger partial charge on any atom is -0.334 e. The Kier molecular flexibility index (Phi) is 6.40. The molecule has 1 aliphatic rings. The molecule has 170 valence electrons. The molecule has 0 aliphatic carbocycles. The first-order valence-electron chi connectivity index (χ1n) is 10.3. The number of nitrogens with one attached hydrogen (secondary N) is 2. The normalized spacial score (nSPS) is 15.8. The Hall–Kier alpha value is -3.73. The van der Waals surface area contributed by atoms with Crippen LogP contribution in [-0.4, -0.2) is 37.7 Å². The Morgan fingerprint density at radius 2 is 2.00 bits per heavy atom. The van der Waals surface area contributed by atoms with E-state index in [0.29, 0.717) is 23.2 Å². The fourth-order valence-electron chi connectivity index (χ4n) is 3.65. The number of carbonyl (C=O) groups excluding carboxylic acids is 2. The highest BCUT2D eigenvalue weighted by Crippen LogP contribution is 2.29. The number of non-ortho nitro benzene ring substituents is 1. The summed E-state index contributed by atoms with van der Waals surface area (Å²) >= 11 is 1.41. The van der Waals surface area contributed by atoms with Crippen LogP contribution < -0.4 is 10.6 Å². The van der Waals surface area contributed by atoms with Crippen molar-refractivity contribution in [2.75, 3.05) is 0 Å². The molecule has 0 bridgehead atoms. The number of urea groups is 1. The van der Waals surface area contributed by atoms with Crippen LogP contribution in [0.1, 0.15) is 28.9 Å². The Labute approximate surface area is 193 Å². The molecule has 2 N–H and O–H groups in total. The van der Waals surface area contributed by atoms with Crippen molar-refractivity contribution in [2.24, 2.45) is 0 Å². The number of nitro groups is 1. The van der Waals surface area contributed by atoms with Crippen LogP contribution in [-0.2, 0) is 17.0 Å². The van der Waals surface area contributed by atoms with Crippen LogP contribution in [0.4, 0.5) is 10.5 Å². The molecular weight excluding hydrogens is 444 g/mol. The molecule has 0 saturated carbocycles. The third-order valence-electron chi connectivity index (χ3n) is 5.24. The highest BCUT2D eigenvalue weighted by Gasteiger charge is 2.27. The van der Waals surface area contributed by atoms with Crippen LogP contribution in [0.15, 0.2) is 47.6 Å². The molecule has 33 heavy (non-hydrogen) atoms. The average molecular weight is 467 g/mol. The first-order chi connectivity index (χ1) is 15.8. The summed E-state index contributed by atoms with van der Waals surface area (Å²) in [6, 6.07) is 11.6. The first-order valence-corrected chi connectivity index (χ1v) is 11.3. The van der Waals surface area contributed by atoms with Crippen molar-refractivity contribution < 1.29 is 14.5 Å². The lowest BCUT2D eigenvalue weighted by Gasteiger charge is -2.23. The van der Waals surface area contributed by atoms with Crippen LogP contribution in [0.2, 0.25) is 0 Å². The number of nitro benzene ring substituents is 1. The third kappa shape index (κ3) is 5.20. The van der Waals surface area contributed by atoms with Gasteiger partial charge in [0.15, 0.2) is 5.16 Å². The number of carbonyl (C=O) groups is 2. The largest absolute Gasteiger partial charge is 0.334 e. The molecule has 1 aliphatic heterocycles. The second-order valence-corrected chi connectivity index (χ2v) is 8.81. The fourth-order valence-corrected chi connectivity index (χ4v) is 4.56. The van der Waals surface area contributed by atoms with Crippen LogP contribution in [0.3, 0.4) is 0 Å². The van der Waals surface area contributed by atoms with E-state index in [2.05, 4.69) is 20.8 Å². The molecule has 1 saturated heterocycles. The van der Waals surface area contributed by atoms with Gasteiger partial charge in [0.05, 0.1) is 10.6 Å². The second-order valence-electron chi connectivity index (χ2n) is 7.87. The Bertz CT molecular complexity index is 1230. The molecule has 2 aromatic carbocycles. The van der Waals surface area contributed by atoms with Gasteiger partial charge in [-0.25, -0.2) is 4.79 Å². The minimum absolute atomic E-state index is 0.0381. The van der Waals surface area contributed by atoms with Gasteiger partial charge in [-0.2, -0.15) is 0 Å². The van der Waals surface area contributed by atoms with Gasteiger partial charge in [0.1, 0.15) is 5.82 Å². The Balaban J connectivity index is 1.66. The van der Waals surface area contributed by atoms with E-state index in [4.69, 9.17) is 0 Å². The van der Waals surface area contributed by atoms with E-state index in [1.165, 1.54) is 17.8 Å². The van der Waals surface area contributed by atoms with E-state index >= 15 is 0 Å². The summed E-state index contributed by atoms with van der Waals surface area (Å²) in [5.41, 5.74) is 3.82. The molecule has 0 radical (unpaired) electrons. The topological polar surface area (TPSA) is 132 Å². The van der Waals surface area contributed by atoms with Crippen molar-refractivity contribution in [3.05, 3.63) is 75.1 Å². The molecule has 1 fully saturated rings. The first kappa shape index (κ1) is 22.5. The van der Waals surface area contributed by atoms with Crippen molar-refractivity contribution >= 4 is 29.4 Å². The summed E-state index contributed by atoms with van der Waals surface area (Å²) in [6.45, 7) is 3.98. The van der Waals surface area contributed by atoms with E-state index in [1.807, 2.05) is 42.7 Å². The van der Waals surface area contributed by atoms with Crippen LogP contribution >= 0.6 is 11.8 Å². The summed E-state index contributed by atoms with van der Waals surface area (Å²) < 4.78 is 1.93. The summed E-state index contributed by atoms with van der Waals surface area (Å²) in [4.78, 5) is 34.2. The lowest BCUT2D eigenvalue weighted by atomic mass is 10.1. The van der Waals surface area contributed by atoms with Crippen molar-refractivity contribution in [1.29, 1.82) is 0 Å². The number of hydrogen-bond acceptors (Lipinski definition) is 7. The van der Waals surface area contributed by atoms with Crippen molar-refractivity contribution in [1.82, 2.24) is 25.4 Å². The highest BCUT2D eigenvalue weighted by molar-refractivity contribution is 7.98. The molecule has 4 rings (SSSR count). The van der Waals surface area contributed by atoms with E-state index in [-0.39, 0.29) is 18.0 Å². The van der Waals surface area contributed by atoms with E-state index in [0.717, 1.165) is 22.4 Å². The zero-order chi connectivity index (χ0) is 23.5. The second kappa shape index (κ2) is 9.41. The van der Waals surface area contributed by atoms with Gasteiger partial charge in [-0.05, 0) is 36.6 Å². The molecule has 1 atom stereocenters. The standard InChI is InChI=1S/C22H22N6O4S/c1-13-6-7-14(2)18(8-13)27-19(10-16-11-20(29)24-21(30)23-16)25-26-22(27)33-12-15-4-3-5-17(9-15)28(31)32/h3-9,16H,10-12H2,1-2H3,(H2,23,24,29,30). The molecular formula is C22H22N6O4S. The fraction of sp³-hybridized carbons (Fsp3) is 0.273. The summed E-state index contributed by atoms with van der Waals surface area (Å²) in [7, 11) is 0. The number of nitrogens with zero attached hydrogens (tertiary/aromatic N) is 4. The van der Waals surface area contributed by atoms with Gasteiger partial charge in [0, 0.05) is 36.8 Å². The molecule has 2 heterocycles. The summed E-state index contributed by atoms with van der Waals surface area (Å²) in [5, 5.41) is 25.4. The number of amides is 3. The van der Waals surface area contributed by atoms with Gasteiger partial charge < -0.3 is 5.32 Å². The third-order valence-corrected chi connectivity index (χ3v) is 6.24. The number of imide groups is 1. The molecule has 10 nitrogen and oxygen atoms in total. The summed E-state index contributed by atoms with van der Waals surface area (Å²) in [6.07, 6.45) is 0.485. The zero-order valence-corrected chi connectivity index (χ0v) is 18.9. The van der Waals surface area contributed by atoms with Crippen LogP contribution in [0, 0.1) is 24.0 Å². The van der Waals surface area contributed by atoms with Gasteiger partial charge in [0.2, 0.25) is 5.91 Å². The van der Waals surface area contributed by atoms with Crippen LogP contribution in [0.25, 0.3) is 5.69 Å². The van der Waals surface area contributed by atoms with Crippen molar-refractivity contribution in [3.63, 3.8) is 0 Å². The molecule has 0 spiro atoms. The summed E-state index contributed by atoms with van der Waals surface area (Å²) in [5.74, 6) is 0.750. The molecule has 1 unspecified atom stereocenters. The SMILES string of the molecule is Cc1ccc(C)c(-n2c(CC3CC(=O)NC(=O)N3)nnc2SCc2cccc([N+](=O)[O-])c2)c1. The monoisotopic (exact) mass is 466 g/mol. The number of rotatable bonds is 7.